The monoisotopic (exact) mass is 266 g/mol. The highest BCUT2D eigenvalue weighted by molar-refractivity contribution is 6.31. The number of halogens is 1. The lowest BCUT2D eigenvalue weighted by Gasteiger charge is -2.26. The minimum atomic E-state index is -1.27. The zero-order valence-electron chi connectivity index (χ0n) is 10.5. The molecule has 1 aromatic heterocycles. The average Bonchev–Trinajstić information content (AvgIpc) is 2.69. The first-order valence-electron chi connectivity index (χ1n) is 5.52. The third kappa shape index (κ3) is 1.98. The number of aromatic nitrogens is 2. The number of nitrogens with zero attached hydrogens (tertiary/aromatic N) is 2. The van der Waals surface area contributed by atoms with Gasteiger partial charge in [0.2, 0.25) is 0 Å². The number of para-hydroxylation sites is 1. The summed E-state index contributed by atoms with van der Waals surface area (Å²) in [5.74, 6) is 0.611. The largest absolute Gasteiger partial charge is 0.496 e. The molecule has 2 rings (SSSR count). The van der Waals surface area contributed by atoms with Crippen LogP contribution < -0.4 is 4.74 Å². The number of methoxy groups -OCH3 is 1. The van der Waals surface area contributed by atoms with E-state index in [0.29, 0.717) is 22.0 Å². The Morgan fingerprint density at radius 2 is 2.06 bits per heavy atom. The molecule has 4 nitrogen and oxygen atoms in total. The Labute approximate surface area is 111 Å². The van der Waals surface area contributed by atoms with Gasteiger partial charge in [-0.3, -0.25) is 4.68 Å². The van der Waals surface area contributed by atoms with Gasteiger partial charge in [-0.15, -0.1) is 0 Å². The fraction of sp³-hybridized carbons (Fsp3) is 0.308. The minimum absolute atomic E-state index is 0.424. The summed E-state index contributed by atoms with van der Waals surface area (Å²) >= 11 is 6.09. The molecule has 0 saturated carbocycles. The lowest BCUT2D eigenvalue weighted by Crippen LogP contribution is -2.27. The van der Waals surface area contributed by atoms with Gasteiger partial charge < -0.3 is 9.84 Å². The van der Waals surface area contributed by atoms with Gasteiger partial charge in [-0.2, -0.15) is 5.10 Å². The molecule has 0 bridgehead atoms. The van der Waals surface area contributed by atoms with Crippen molar-refractivity contribution < 1.29 is 9.84 Å². The quantitative estimate of drug-likeness (QED) is 0.928. The van der Waals surface area contributed by atoms with Gasteiger partial charge >= 0.3 is 0 Å². The van der Waals surface area contributed by atoms with Crippen LogP contribution in [0.5, 0.6) is 5.75 Å². The molecule has 1 N–H and O–H groups in total. The number of aliphatic hydroxyl groups is 1. The van der Waals surface area contributed by atoms with Crippen LogP contribution in [0.25, 0.3) is 0 Å². The molecule has 0 saturated heterocycles. The van der Waals surface area contributed by atoms with Crippen molar-refractivity contribution >= 4 is 11.6 Å². The predicted molar refractivity (Wildman–Crippen MR) is 69.9 cm³/mol. The van der Waals surface area contributed by atoms with Gasteiger partial charge in [0.15, 0.2) is 0 Å². The Bertz CT molecular complexity index is 544. The first-order chi connectivity index (χ1) is 8.48. The number of benzene rings is 1. The number of aryl methyl sites for hydroxylation is 1. The lowest BCUT2D eigenvalue weighted by molar-refractivity contribution is 0.0899. The topological polar surface area (TPSA) is 47.3 Å². The lowest BCUT2D eigenvalue weighted by atomic mass is 9.91. The van der Waals surface area contributed by atoms with Crippen molar-refractivity contribution in [3.8, 4) is 5.75 Å². The van der Waals surface area contributed by atoms with Gasteiger partial charge in [0.1, 0.15) is 11.4 Å². The molecule has 1 unspecified atom stereocenters. The first kappa shape index (κ1) is 12.9. The Hall–Kier alpha value is -1.52. The van der Waals surface area contributed by atoms with Gasteiger partial charge in [0, 0.05) is 12.6 Å². The second-order valence-electron chi connectivity index (χ2n) is 4.24. The maximum Gasteiger partial charge on any atom is 0.133 e. The first-order valence-corrected chi connectivity index (χ1v) is 5.90. The molecule has 0 amide bonds. The summed E-state index contributed by atoms with van der Waals surface area (Å²) in [6.45, 7) is 1.67. The van der Waals surface area contributed by atoms with Crippen molar-refractivity contribution in [2.24, 2.45) is 7.05 Å². The van der Waals surface area contributed by atoms with Crippen LogP contribution in [0.15, 0.2) is 30.5 Å². The zero-order valence-corrected chi connectivity index (χ0v) is 11.3. The molecule has 1 atom stereocenters. The summed E-state index contributed by atoms with van der Waals surface area (Å²) in [5.41, 5.74) is -0.0822. The van der Waals surface area contributed by atoms with E-state index in [0.717, 1.165) is 0 Å². The van der Waals surface area contributed by atoms with Crippen LogP contribution in [0.1, 0.15) is 18.2 Å². The maximum absolute atomic E-state index is 10.8. The van der Waals surface area contributed by atoms with Crippen LogP contribution in [0, 0.1) is 0 Å². The Balaban J connectivity index is 2.61. The smallest absolute Gasteiger partial charge is 0.133 e. The molecule has 0 spiro atoms. The number of ether oxygens (including phenoxy) is 1. The van der Waals surface area contributed by atoms with Crippen molar-refractivity contribution in [1.82, 2.24) is 9.78 Å². The number of hydrogen-bond donors (Lipinski definition) is 1. The van der Waals surface area contributed by atoms with Crippen LogP contribution in [0.3, 0.4) is 0 Å². The van der Waals surface area contributed by atoms with Crippen molar-refractivity contribution in [2.75, 3.05) is 7.11 Å². The molecule has 0 fully saturated rings. The van der Waals surface area contributed by atoms with Crippen LogP contribution in [0.2, 0.25) is 5.02 Å². The van der Waals surface area contributed by atoms with E-state index in [1.807, 2.05) is 18.2 Å². The van der Waals surface area contributed by atoms with Crippen molar-refractivity contribution in [1.29, 1.82) is 0 Å². The fourth-order valence-electron chi connectivity index (χ4n) is 2.13. The summed E-state index contributed by atoms with van der Waals surface area (Å²) in [6.07, 6.45) is 1.51. The van der Waals surface area contributed by atoms with Crippen molar-refractivity contribution in [2.45, 2.75) is 12.5 Å². The van der Waals surface area contributed by atoms with E-state index >= 15 is 0 Å². The standard InChI is InChI=1S/C13H15ClN2O2/c1-13(17,12-10(14)8-15-16(12)2)9-6-4-5-7-11(9)18-3/h4-8,17H,1-3H3. The van der Waals surface area contributed by atoms with Gasteiger partial charge in [-0.25, -0.2) is 0 Å². The van der Waals surface area contributed by atoms with Crippen LogP contribution in [0.4, 0.5) is 0 Å². The minimum Gasteiger partial charge on any atom is -0.496 e. The summed E-state index contributed by atoms with van der Waals surface area (Å²) in [4.78, 5) is 0. The van der Waals surface area contributed by atoms with Gasteiger partial charge in [-0.1, -0.05) is 29.8 Å². The molecular weight excluding hydrogens is 252 g/mol. The fourth-order valence-corrected chi connectivity index (χ4v) is 2.48. The number of hydrogen-bond acceptors (Lipinski definition) is 3. The molecule has 0 aliphatic carbocycles. The van der Waals surface area contributed by atoms with E-state index in [2.05, 4.69) is 5.10 Å². The third-order valence-corrected chi connectivity index (χ3v) is 3.26. The second-order valence-corrected chi connectivity index (χ2v) is 4.64. The van der Waals surface area contributed by atoms with Crippen molar-refractivity contribution in [3.63, 3.8) is 0 Å². The van der Waals surface area contributed by atoms with E-state index in [1.54, 1.807) is 31.8 Å². The van der Waals surface area contributed by atoms with Crippen LogP contribution in [-0.2, 0) is 12.6 Å². The van der Waals surface area contributed by atoms with Crippen molar-refractivity contribution in [3.05, 3.63) is 46.7 Å². The molecule has 2 aromatic rings. The number of rotatable bonds is 3. The highest BCUT2D eigenvalue weighted by atomic mass is 35.5. The maximum atomic E-state index is 10.8. The normalized spacial score (nSPS) is 14.3. The molecule has 96 valence electrons. The molecule has 0 aliphatic heterocycles. The zero-order chi connectivity index (χ0) is 13.3. The SMILES string of the molecule is COc1ccccc1C(C)(O)c1c(Cl)cnn1C. The van der Waals surface area contributed by atoms with E-state index in [-0.39, 0.29) is 0 Å². The summed E-state index contributed by atoms with van der Waals surface area (Å²) < 4.78 is 6.84. The van der Waals surface area contributed by atoms with Gasteiger partial charge in [0.25, 0.3) is 0 Å². The summed E-state index contributed by atoms with van der Waals surface area (Å²) in [5, 5.41) is 15.3. The highest BCUT2D eigenvalue weighted by Gasteiger charge is 2.34. The predicted octanol–water partition coefficient (Wildman–Crippen LogP) is 2.34. The second kappa shape index (κ2) is 4.63. The molecular formula is C13H15ClN2O2. The molecule has 18 heavy (non-hydrogen) atoms. The Morgan fingerprint density at radius 1 is 1.39 bits per heavy atom. The third-order valence-electron chi connectivity index (χ3n) is 2.99. The molecule has 0 radical (unpaired) electrons. The molecule has 5 heteroatoms. The Kier molecular flexibility index (Phi) is 3.32. The van der Waals surface area contributed by atoms with E-state index < -0.39 is 5.60 Å². The molecule has 0 aliphatic rings. The molecule has 1 heterocycles. The average molecular weight is 267 g/mol. The summed E-state index contributed by atoms with van der Waals surface area (Å²) in [7, 11) is 3.31. The highest BCUT2D eigenvalue weighted by Crippen LogP contribution is 2.37. The van der Waals surface area contributed by atoms with Gasteiger partial charge in [0.05, 0.1) is 24.0 Å². The van der Waals surface area contributed by atoms with Crippen LogP contribution >= 0.6 is 11.6 Å². The van der Waals surface area contributed by atoms with E-state index in [9.17, 15) is 5.11 Å². The van der Waals surface area contributed by atoms with Gasteiger partial charge in [-0.05, 0) is 13.0 Å². The van der Waals surface area contributed by atoms with E-state index in [4.69, 9.17) is 16.3 Å². The van der Waals surface area contributed by atoms with Crippen LogP contribution in [-0.4, -0.2) is 22.0 Å². The Morgan fingerprint density at radius 3 is 2.61 bits per heavy atom. The summed E-state index contributed by atoms with van der Waals surface area (Å²) in [6, 6.07) is 7.30. The molecule has 1 aromatic carbocycles. The van der Waals surface area contributed by atoms with E-state index in [1.165, 1.54) is 6.20 Å².